The van der Waals surface area contributed by atoms with Crippen LogP contribution in [0.25, 0.3) is 0 Å². The van der Waals surface area contributed by atoms with Gasteiger partial charge in [0.2, 0.25) is 5.91 Å². The molecule has 1 amide bonds. The van der Waals surface area contributed by atoms with Gasteiger partial charge in [-0.05, 0) is 56.5 Å². The van der Waals surface area contributed by atoms with Crippen LogP contribution in [0.5, 0.6) is 5.75 Å². The van der Waals surface area contributed by atoms with Crippen molar-refractivity contribution in [3.63, 3.8) is 0 Å². The van der Waals surface area contributed by atoms with Gasteiger partial charge in [-0.1, -0.05) is 0 Å². The molecule has 2 aliphatic rings. The van der Waals surface area contributed by atoms with E-state index in [2.05, 4.69) is 10.6 Å². The highest BCUT2D eigenvalue weighted by atomic mass is 35.5. The van der Waals surface area contributed by atoms with Crippen molar-refractivity contribution in [3.05, 3.63) is 23.8 Å². The van der Waals surface area contributed by atoms with E-state index >= 15 is 0 Å². The molecule has 0 spiro atoms. The number of benzene rings is 1. The van der Waals surface area contributed by atoms with Crippen LogP contribution < -0.4 is 15.4 Å². The van der Waals surface area contributed by atoms with Gasteiger partial charge >= 0.3 is 0 Å². The molecule has 2 aliphatic heterocycles. The summed E-state index contributed by atoms with van der Waals surface area (Å²) in [6, 6.07) is 5.87. The van der Waals surface area contributed by atoms with Crippen LogP contribution in [0.1, 0.15) is 31.7 Å². The summed E-state index contributed by atoms with van der Waals surface area (Å²) in [7, 11) is 0. The Morgan fingerprint density at radius 3 is 3.00 bits per heavy atom. The van der Waals surface area contributed by atoms with E-state index in [1.807, 2.05) is 25.1 Å². The topological polar surface area (TPSA) is 50.4 Å². The normalized spacial score (nSPS) is 24.2. The number of nitrogens with one attached hydrogen (secondary N) is 2. The molecule has 1 atom stereocenters. The van der Waals surface area contributed by atoms with Gasteiger partial charge in [-0.3, -0.25) is 4.79 Å². The Morgan fingerprint density at radius 1 is 1.40 bits per heavy atom. The third-order valence-electron chi connectivity index (χ3n) is 4.07. The molecule has 3 rings (SSSR count). The Morgan fingerprint density at radius 2 is 2.25 bits per heavy atom. The molecule has 110 valence electrons. The van der Waals surface area contributed by atoms with Crippen molar-refractivity contribution in [2.24, 2.45) is 0 Å². The summed E-state index contributed by atoms with van der Waals surface area (Å²) >= 11 is 0. The average molecular weight is 297 g/mol. The minimum atomic E-state index is -0.437. The van der Waals surface area contributed by atoms with Crippen LogP contribution >= 0.6 is 12.4 Å². The number of carbonyl (C=O) groups excluding carboxylic acids is 1. The lowest BCUT2D eigenvalue weighted by Crippen LogP contribution is -2.54. The zero-order valence-corrected chi connectivity index (χ0v) is 12.5. The summed E-state index contributed by atoms with van der Waals surface area (Å²) in [5.74, 6) is 1.01. The second kappa shape index (κ2) is 6.02. The van der Waals surface area contributed by atoms with Gasteiger partial charge in [0.25, 0.3) is 0 Å². The molecule has 0 aromatic heterocycles. The molecular weight excluding hydrogens is 276 g/mol. The first kappa shape index (κ1) is 15.1. The summed E-state index contributed by atoms with van der Waals surface area (Å²) in [6.07, 6.45) is 4.08. The first-order valence-electron chi connectivity index (χ1n) is 7.00. The summed E-state index contributed by atoms with van der Waals surface area (Å²) < 4.78 is 5.47. The van der Waals surface area contributed by atoms with Crippen molar-refractivity contribution >= 4 is 24.0 Å². The second-order valence-electron chi connectivity index (χ2n) is 5.59. The van der Waals surface area contributed by atoms with Crippen LogP contribution in [0.4, 0.5) is 5.69 Å². The number of piperidine rings is 1. The number of hydrogen-bond donors (Lipinski definition) is 2. The Balaban J connectivity index is 0.00000147. The van der Waals surface area contributed by atoms with E-state index in [0.717, 1.165) is 50.3 Å². The van der Waals surface area contributed by atoms with E-state index in [0.29, 0.717) is 0 Å². The zero-order chi connectivity index (χ0) is 13.3. The number of ether oxygens (including phenoxy) is 1. The summed E-state index contributed by atoms with van der Waals surface area (Å²) in [5, 5.41) is 6.36. The van der Waals surface area contributed by atoms with Crippen molar-refractivity contribution in [1.29, 1.82) is 0 Å². The van der Waals surface area contributed by atoms with E-state index < -0.39 is 5.54 Å². The lowest BCUT2D eigenvalue weighted by molar-refractivity contribution is -0.122. The third-order valence-corrected chi connectivity index (χ3v) is 4.07. The van der Waals surface area contributed by atoms with E-state index in [9.17, 15) is 4.79 Å². The van der Waals surface area contributed by atoms with Gasteiger partial charge in [0.1, 0.15) is 5.75 Å². The van der Waals surface area contributed by atoms with Crippen molar-refractivity contribution in [3.8, 4) is 5.75 Å². The van der Waals surface area contributed by atoms with Gasteiger partial charge in [0.05, 0.1) is 12.1 Å². The molecule has 2 heterocycles. The number of halogens is 1. The van der Waals surface area contributed by atoms with Crippen LogP contribution in [0.3, 0.4) is 0 Å². The fourth-order valence-electron chi connectivity index (χ4n) is 2.78. The number of rotatable bonds is 2. The monoisotopic (exact) mass is 296 g/mol. The minimum absolute atomic E-state index is 0. The standard InChI is InChI=1S/C15H20N2O2.ClH/c1-15(7-2-3-8-16-15)14(18)17-12-4-5-13-11(10-12)6-9-19-13;/h4-5,10,16H,2-3,6-9H2,1H3,(H,17,18);1H. The predicted octanol–water partition coefficient (Wildman–Crippen LogP) is 2.51. The summed E-state index contributed by atoms with van der Waals surface area (Å²) in [5.41, 5.74) is 1.61. The van der Waals surface area contributed by atoms with Crippen molar-refractivity contribution < 1.29 is 9.53 Å². The van der Waals surface area contributed by atoms with Crippen LogP contribution in [0, 0.1) is 0 Å². The highest BCUT2D eigenvalue weighted by Crippen LogP contribution is 2.28. The number of anilines is 1. The van der Waals surface area contributed by atoms with Crippen LogP contribution in [0.15, 0.2) is 18.2 Å². The lowest BCUT2D eigenvalue weighted by Gasteiger charge is -2.33. The number of amides is 1. The zero-order valence-electron chi connectivity index (χ0n) is 11.7. The van der Waals surface area contributed by atoms with Crippen molar-refractivity contribution in [2.75, 3.05) is 18.5 Å². The Labute approximate surface area is 125 Å². The first-order valence-corrected chi connectivity index (χ1v) is 7.00. The molecule has 1 unspecified atom stereocenters. The Bertz CT molecular complexity index is 499. The molecule has 1 aromatic carbocycles. The number of fused-ring (bicyclic) bond motifs is 1. The maximum absolute atomic E-state index is 12.4. The van der Waals surface area contributed by atoms with Gasteiger partial charge in [-0.15, -0.1) is 12.4 Å². The van der Waals surface area contributed by atoms with E-state index in [-0.39, 0.29) is 18.3 Å². The fraction of sp³-hybridized carbons (Fsp3) is 0.533. The van der Waals surface area contributed by atoms with E-state index in [1.54, 1.807) is 0 Å². The van der Waals surface area contributed by atoms with Crippen LogP contribution in [-0.2, 0) is 11.2 Å². The maximum Gasteiger partial charge on any atom is 0.244 e. The molecule has 1 saturated heterocycles. The van der Waals surface area contributed by atoms with E-state index in [4.69, 9.17) is 4.74 Å². The molecule has 1 fully saturated rings. The van der Waals surface area contributed by atoms with Gasteiger partial charge in [-0.2, -0.15) is 0 Å². The average Bonchev–Trinajstić information content (AvgIpc) is 2.87. The van der Waals surface area contributed by atoms with Gasteiger partial charge in [-0.25, -0.2) is 0 Å². The lowest BCUT2D eigenvalue weighted by atomic mass is 9.90. The highest BCUT2D eigenvalue weighted by molar-refractivity contribution is 5.98. The molecule has 1 aromatic rings. The van der Waals surface area contributed by atoms with Crippen LogP contribution in [0.2, 0.25) is 0 Å². The summed E-state index contributed by atoms with van der Waals surface area (Å²) in [6.45, 7) is 3.64. The summed E-state index contributed by atoms with van der Waals surface area (Å²) in [4.78, 5) is 12.4. The minimum Gasteiger partial charge on any atom is -0.493 e. The third kappa shape index (κ3) is 2.91. The molecule has 0 saturated carbocycles. The van der Waals surface area contributed by atoms with Gasteiger partial charge < -0.3 is 15.4 Å². The van der Waals surface area contributed by atoms with Crippen molar-refractivity contribution in [1.82, 2.24) is 5.32 Å². The first-order chi connectivity index (χ1) is 9.17. The Hall–Kier alpha value is -1.26. The number of hydrogen-bond acceptors (Lipinski definition) is 3. The van der Waals surface area contributed by atoms with Crippen LogP contribution in [-0.4, -0.2) is 24.6 Å². The predicted molar refractivity (Wildman–Crippen MR) is 81.8 cm³/mol. The molecule has 0 radical (unpaired) electrons. The molecule has 2 N–H and O–H groups in total. The van der Waals surface area contributed by atoms with E-state index in [1.165, 1.54) is 5.56 Å². The molecule has 4 nitrogen and oxygen atoms in total. The Kier molecular flexibility index (Phi) is 4.55. The second-order valence-corrected chi connectivity index (χ2v) is 5.59. The molecule has 0 aliphatic carbocycles. The largest absolute Gasteiger partial charge is 0.493 e. The van der Waals surface area contributed by atoms with Gasteiger partial charge in [0, 0.05) is 12.1 Å². The highest BCUT2D eigenvalue weighted by Gasteiger charge is 2.34. The molecule has 0 bridgehead atoms. The molecule has 5 heteroatoms. The quantitative estimate of drug-likeness (QED) is 0.882. The molecular formula is C15H21ClN2O2. The smallest absolute Gasteiger partial charge is 0.244 e. The maximum atomic E-state index is 12.4. The molecule has 20 heavy (non-hydrogen) atoms. The SMILES string of the molecule is CC1(C(=O)Nc2ccc3c(c2)CCO3)CCCCN1.Cl. The van der Waals surface area contributed by atoms with Gasteiger partial charge in [0.15, 0.2) is 0 Å². The van der Waals surface area contributed by atoms with Crippen molar-refractivity contribution in [2.45, 2.75) is 38.1 Å². The number of carbonyl (C=O) groups is 1. The fourth-order valence-corrected chi connectivity index (χ4v) is 2.78.